The van der Waals surface area contributed by atoms with Crippen LogP contribution in [0.2, 0.25) is 0 Å². The first-order valence-electron chi connectivity index (χ1n) is 6.05. The average Bonchev–Trinajstić information content (AvgIpc) is 2.44. The van der Waals surface area contributed by atoms with E-state index >= 15 is 0 Å². The van der Waals surface area contributed by atoms with Crippen molar-refractivity contribution in [2.24, 2.45) is 5.16 Å². The largest absolute Gasteiger partial charge is 0.411 e. The Balaban J connectivity index is 3.33. The lowest BCUT2D eigenvalue weighted by Crippen LogP contribution is -2.32. The number of rotatable bonds is 6. The van der Waals surface area contributed by atoms with Crippen molar-refractivity contribution in [2.45, 2.75) is 25.5 Å². The Morgan fingerprint density at radius 3 is 2.55 bits per heavy atom. The van der Waals surface area contributed by atoms with Crippen LogP contribution in [-0.2, 0) is 9.84 Å². The van der Waals surface area contributed by atoms with Crippen LogP contribution in [0.5, 0.6) is 0 Å². The van der Waals surface area contributed by atoms with Gasteiger partial charge >= 0.3 is 0 Å². The molecule has 0 saturated carbocycles. The number of sulfone groups is 1. The maximum atomic E-state index is 12.0. The minimum Gasteiger partial charge on any atom is -0.411 e. The number of nitrogens with zero attached hydrogens (tertiary/aromatic N) is 2. The maximum Gasteiger partial charge on any atom is 0.270 e. The normalized spacial score (nSPS) is 14.0. The Morgan fingerprint density at radius 2 is 2.10 bits per heavy atom. The summed E-state index contributed by atoms with van der Waals surface area (Å²) in [4.78, 5) is 10.2. The first kappa shape index (κ1) is 16.1. The number of nitro benzene ring substituents is 1. The lowest BCUT2D eigenvalue weighted by Gasteiger charge is -2.16. The summed E-state index contributed by atoms with van der Waals surface area (Å²) >= 11 is 0. The SMILES string of the molecule is CC[C@@H](/C(=N\O)c1cccc([N+](=O)[O-])c1)S(=O)(=O)CC. The molecule has 1 aromatic rings. The van der Waals surface area contributed by atoms with Crippen LogP contribution in [0.3, 0.4) is 0 Å². The van der Waals surface area contributed by atoms with Gasteiger partial charge in [-0.15, -0.1) is 0 Å². The molecular weight excluding hydrogens is 284 g/mol. The fraction of sp³-hybridized carbons (Fsp3) is 0.417. The molecule has 0 saturated heterocycles. The molecule has 0 radical (unpaired) electrons. The van der Waals surface area contributed by atoms with E-state index in [9.17, 15) is 18.5 Å². The molecule has 0 heterocycles. The molecule has 1 aromatic carbocycles. The second-order valence-corrected chi connectivity index (χ2v) is 6.61. The Bertz CT molecular complexity index is 624. The molecule has 0 aliphatic rings. The molecule has 0 aromatic heterocycles. The van der Waals surface area contributed by atoms with Gasteiger partial charge in [-0.3, -0.25) is 10.1 Å². The van der Waals surface area contributed by atoms with E-state index in [1.165, 1.54) is 31.2 Å². The Morgan fingerprint density at radius 1 is 1.45 bits per heavy atom. The molecule has 0 fully saturated rings. The molecule has 7 nitrogen and oxygen atoms in total. The molecule has 0 aliphatic carbocycles. The van der Waals surface area contributed by atoms with Gasteiger partial charge in [-0.2, -0.15) is 0 Å². The van der Waals surface area contributed by atoms with E-state index < -0.39 is 20.0 Å². The van der Waals surface area contributed by atoms with E-state index in [1.807, 2.05) is 0 Å². The first-order chi connectivity index (χ1) is 9.37. The molecule has 1 N–H and O–H groups in total. The van der Waals surface area contributed by atoms with Crippen LogP contribution in [0, 0.1) is 10.1 Å². The van der Waals surface area contributed by atoms with E-state index in [-0.39, 0.29) is 29.1 Å². The summed E-state index contributed by atoms with van der Waals surface area (Å²) in [6.45, 7) is 3.15. The Labute approximate surface area is 117 Å². The molecule has 0 spiro atoms. The van der Waals surface area contributed by atoms with Crippen molar-refractivity contribution in [3.8, 4) is 0 Å². The van der Waals surface area contributed by atoms with E-state index in [4.69, 9.17) is 5.21 Å². The molecule has 110 valence electrons. The first-order valence-corrected chi connectivity index (χ1v) is 7.77. The molecule has 20 heavy (non-hydrogen) atoms. The number of oxime groups is 1. The van der Waals surface area contributed by atoms with Crippen LogP contribution in [0.4, 0.5) is 5.69 Å². The van der Waals surface area contributed by atoms with Crippen LogP contribution < -0.4 is 0 Å². The zero-order valence-electron chi connectivity index (χ0n) is 11.2. The van der Waals surface area contributed by atoms with Crippen molar-refractivity contribution in [3.05, 3.63) is 39.9 Å². The van der Waals surface area contributed by atoms with Crippen molar-refractivity contribution in [3.63, 3.8) is 0 Å². The summed E-state index contributed by atoms with van der Waals surface area (Å²) in [5, 5.41) is 21.9. The second kappa shape index (κ2) is 6.47. The molecule has 0 aliphatic heterocycles. The number of benzene rings is 1. The van der Waals surface area contributed by atoms with Crippen molar-refractivity contribution in [2.75, 3.05) is 5.75 Å². The van der Waals surface area contributed by atoms with E-state index in [0.29, 0.717) is 0 Å². The van der Waals surface area contributed by atoms with Gasteiger partial charge in [0.25, 0.3) is 5.69 Å². The highest BCUT2D eigenvalue weighted by atomic mass is 32.2. The molecule has 0 amide bonds. The Kier molecular flexibility index (Phi) is 5.20. The third kappa shape index (κ3) is 3.32. The second-order valence-electron chi connectivity index (χ2n) is 4.14. The van der Waals surface area contributed by atoms with Gasteiger partial charge in [0.2, 0.25) is 0 Å². The predicted octanol–water partition coefficient (Wildman–Crippen LogP) is 1.99. The summed E-state index contributed by atoms with van der Waals surface area (Å²) in [6, 6.07) is 5.39. The fourth-order valence-electron chi connectivity index (χ4n) is 1.91. The number of nitro groups is 1. The molecular formula is C12H16N2O5S. The van der Waals surface area contributed by atoms with Gasteiger partial charge in [0.15, 0.2) is 9.84 Å². The standard InChI is InChI=1S/C12H16N2O5S/c1-3-11(20(18,19)4-2)12(13-15)9-6-5-7-10(8-9)14(16)17/h5-8,11,15H,3-4H2,1-2H3/b13-12-/t11-/m0/s1. The third-order valence-corrected chi connectivity index (χ3v) is 5.20. The Hall–Kier alpha value is -1.96. The molecule has 1 atom stereocenters. The molecule has 8 heteroatoms. The molecule has 0 unspecified atom stereocenters. The number of hydrogen-bond acceptors (Lipinski definition) is 6. The predicted molar refractivity (Wildman–Crippen MR) is 75.0 cm³/mol. The van der Waals surface area contributed by atoms with Crippen LogP contribution >= 0.6 is 0 Å². The van der Waals surface area contributed by atoms with E-state index in [1.54, 1.807) is 6.92 Å². The van der Waals surface area contributed by atoms with Crippen molar-refractivity contribution >= 4 is 21.2 Å². The lowest BCUT2D eigenvalue weighted by molar-refractivity contribution is -0.384. The van der Waals surface area contributed by atoms with Gasteiger partial charge in [0, 0.05) is 23.4 Å². The van der Waals surface area contributed by atoms with Crippen LogP contribution in [0.15, 0.2) is 29.4 Å². The van der Waals surface area contributed by atoms with E-state index in [2.05, 4.69) is 5.16 Å². The zero-order chi connectivity index (χ0) is 15.3. The van der Waals surface area contributed by atoms with Crippen molar-refractivity contribution in [1.29, 1.82) is 0 Å². The molecule has 0 bridgehead atoms. The quantitative estimate of drug-likeness (QED) is 0.374. The summed E-state index contributed by atoms with van der Waals surface area (Å²) < 4.78 is 24.0. The lowest BCUT2D eigenvalue weighted by atomic mass is 10.1. The van der Waals surface area contributed by atoms with E-state index in [0.717, 1.165) is 0 Å². The van der Waals surface area contributed by atoms with Crippen molar-refractivity contribution in [1.82, 2.24) is 0 Å². The highest BCUT2D eigenvalue weighted by molar-refractivity contribution is 7.92. The smallest absolute Gasteiger partial charge is 0.270 e. The van der Waals surface area contributed by atoms with Gasteiger partial charge in [-0.1, -0.05) is 31.1 Å². The third-order valence-electron chi connectivity index (χ3n) is 2.97. The highest BCUT2D eigenvalue weighted by Crippen LogP contribution is 2.19. The average molecular weight is 300 g/mol. The summed E-state index contributed by atoms with van der Waals surface area (Å²) in [6.07, 6.45) is 0.220. The van der Waals surface area contributed by atoms with Gasteiger partial charge in [0.05, 0.1) is 4.92 Å². The minimum absolute atomic E-state index is 0.0712. The minimum atomic E-state index is -3.46. The number of non-ortho nitro benzene ring substituents is 1. The monoisotopic (exact) mass is 300 g/mol. The van der Waals surface area contributed by atoms with Crippen LogP contribution in [0.25, 0.3) is 0 Å². The molecule has 1 rings (SSSR count). The van der Waals surface area contributed by atoms with Gasteiger partial charge in [0.1, 0.15) is 11.0 Å². The van der Waals surface area contributed by atoms with Gasteiger partial charge in [-0.25, -0.2) is 8.42 Å². The van der Waals surface area contributed by atoms with Crippen molar-refractivity contribution < 1.29 is 18.5 Å². The van der Waals surface area contributed by atoms with Crippen LogP contribution in [-0.4, -0.2) is 35.3 Å². The summed E-state index contributed by atoms with van der Waals surface area (Å²) in [5.41, 5.74) is -0.0315. The topological polar surface area (TPSA) is 110 Å². The number of hydrogen-bond donors (Lipinski definition) is 1. The highest BCUT2D eigenvalue weighted by Gasteiger charge is 2.29. The summed E-state index contributed by atoms with van der Waals surface area (Å²) in [5.74, 6) is -0.0978. The maximum absolute atomic E-state index is 12.0. The summed E-state index contributed by atoms with van der Waals surface area (Å²) in [7, 11) is -3.46. The van der Waals surface area contributed by atoms with Gasteiger partial charge < -0.3 is 5.21 Å². The zero-order valence-corrected chi connectivity index (χ0v) is 12.0. The van der Waals surface area contributed by atoms with Gasteiger partial charge in [-0.05, 0) is 6.42 Å². The fourth-order valence-corrected chi connectivity index (χ4v) is 3.34. The van der Waals surface area contributed by atoms with Crippen LogP contribution in [0.1, 0.15) is 25.8 Å².